The van der Waals surface area contributed by atoms with Gasteiger partial charge in [0, 0.05) is 48.2 Å². The van der Waals surface area contributed by atoms with E-state index in [0.29, 0.717) is 18.7 Å². The molecular formula is C22H22N4O2. The number of amides is 1. The van der Waals surface area contributed by atoms with E-state index in [2.05, 4.69) is 46.4 Å². The molecule has 1 aromatic carbocycles. The van der Waals surface area contributed by atoms with Crippen LogP contribution < -0.4 is 0 Å². The minimum absolute atomic E-state index is 0.123. The molecule has 6 heteroatoms. The van der Waals surface area contributed by atoms with Crippen molar-refractivity contribution in [1.29, 1.82) is 0 Å². The minimum Gasteiger partial charge on any atom is -0.335 e. The summed E-state index contributed by atoms with van der Waals surface area (Å²) in [5.74, 6) is -0.843. The molecule has 0 radical (unpaired) electrons. The van der Waals surface area contributed by atoms with Crippen LogP contribution in [0.3, 0.4) is 0 Å². The standard InChI is InChI=1S/C22H22N4O2/c1-15-6-8-16(9-7-15)19-13-24-25-20(19)18-5-3-11-26(14-18)22(28)21(27)17-4-2-10-23-12-17/h2,4,6-10,12-13,18H,3,5,11,14H2,1H3,(H,24,25)/t18-/m0/s1. The molecule has 1 aliphatic rings. The van der Waals surface area contributed by atoms with E-state index >= 15 is 0 Å². The lowest BCUT2D eigenvalue weighted by Crippen LogP contribution is -2.42. The van der Waals surface area contributed by atoms with E-state index in [1.165, 1.54) is 11.8 Å². The Kier molecular flexibility index (Phi) is 5.02. The minimum atomic E-state index is -0.503. The van der Waals surface area contributed by atoms with Gasteiger partial charge in [-0.25, -0.2) is 0 Å². The van der Waals surface area contributed by atoms with Crippen LogP contribution in [0, 0.1) is 6.92 Å². The highest BCUT2D eigenvalue weighted by molar-refractivity contribution is 6.42. The quantitative estimate of drug-likeness (QED) is 0.561. The Morgan fingerprint density at radius 2 is 1.96 bits per heavy atom. The number of aryl methyl sites for hydroxylation is 1. The van der Waals surface area contributed by atoms with Crippen molar-refractivity contribution in [1.82, 2.24) is 20.1 Å². The summed E-state index contributed by atoms with van der Waals surface area (Å²) in [7, 11) is 0. The van der Waals surface area contributed by atoms with Crippen molar-refractivity contribution in [3.63, 3.8) is 0 Å². The molecule has 3 heterocycles. The number of rotatable bonds is 4. The highest BCUT2D eigenvalue weighted by Crippen LogP contribution is 2.33. The Morgan fingerprint density at radius 3 is 2.71 bits per heavy atom. The second-order valence-electron chi connectivity index (χ2n) is 7.22. The maximum atomic E-state index is 12.7. The number of Topliss-reactive ketones (excluding diaryl/α,β-unsaturated/α-hetero) is 1. The van der Waals surface area contributed by atoms with Crippen molar-refractivity contribution >= 4 is 11.7 Å². The number of carbonyl (C=O) groups is 2. The van der Waals surface area contributed by atoms with Gasteiger partial charge < -0.3 is 4.90 Å². The molecule has 3 aromatic rings. The van der Waals surface area contributed by atoms with Crippen LogP contribution in [-0.2, 0) is 4.79 Å². The number of carbonyl (C=O) groups excluding carboxylic acids is 2. The number of ketones is 1. The summed E-state index contributed by atoms with van der Waals surface area (Å²) in [6.45, 7) is 3.16. The summed E-state index contributed by atoms with van der Waals surface area (Å²) in [4.78, 5) is 30.8. The third-order valence-electron chi connectivity index (χ3n) is 5.27. The SMILES string of the molecule is Cc1ccc(-c2cn[nH]c2[C@H]2CCCN(C(=O)C(=O)c3cccnc3)C2)cc1. The Hall–Kier alpha value is -3.28. The largest absolute Gasteiger partial charge is 0.335 e. The first-order chi connectivity index (χ1) is 13.6. The predicted molar refractivity (Wildman–Crippen MR) is 106 cm³/mol. The molecule has 0 bridgehead atoms. The van der Waals surface area contributed by atoms with E-state index in [1.807, 2.05) is 6.20 Å². The van der Waals surface area contributed by atoms with Crippen molar-refractivity contribution in [2.75, 3.05) is 13.1 Å². The number of aromatic nitrogens is 3. The molecule has 6 nitrogen and oxygen atoms in total. The summed E-state index contributed by atoms with van der Waals surface area (Å²) in [5.41, 5.74) is 4.71. The van der Waals surface area contributed by atoms with E-state index in [1.54, 1.807) is 23.2 Å². The molecule has 1 N–H and O–H groups in total. The topological polar surface area (TPSA) is 79.0 Å². The van der Waals surface area contributed by atoms with Crippen molar-refractivity contribution in [2.45, 2.75) is 25.7 Å². The number of pyridine rings is 1. The Bertz CT molecular complexity index is 979. The number of likely N-dealkylation sites (tertiary alicyclic amines) is 1. The lowest BCUT2D eigenvalue weighted by molar-refractivity contribution is -0.127. The highest BCUT2D eigenvalue weighted by Gasteiger charge is 2.31. The number of aromatic amines is 1. The van der Waals surface area contributed by atoms with Crippen molar-refractivity contribution in [3.05, 3.63) is 71.8 Å². The summed E-state index contributed by atoms with van der Waals surface area (Å²) in [6.07, 6.45) is 6.66. The van der Waals surface area contributed by atoms with Gasteiger partial charge in [0.2, 0.25) is 0 Å². The third-order valence-corrected chi connectivity index (χ3v) is 5.27. The highest BCUT2D eigenvalue weighted by atomic mass is 16.2. The molecule has 0 spiro atoms. The summed E-state index contributed by atoms with van der Waals surface area (Å²) >= 11 is 0. The van der Waals surface area contributed by atoms with E-state index < -0.39 is 11.7 Å². The van der Waals surface area contributed by atoms with Crippen LogP contribution in [-0.4, -0.2) is 44.9 Å². The number of nitrogens with one attached hydrogen (secondary N) is 1. The van der Waals surface area contributed by atoms with Crippen LogP contribution in [0.25, 0.3) is 11.1 Å². The average molecular weight is 374 g/mol. The molecule has 1 amide bonds. The van der Waals surface area contributed by atoms with Crippen LogP contribution in [0.2, 0.25) is 0 Å². The van der Waals surface area contributed by atoms with Crippen LogP contribution in [0.5, 0.6) is 0 Å². The zero-order valence-corrected chi connectivity index (χ0v) is 15.8. The average Bonchev–Trinajstić information content (AvgIpc) is 3.24. The van der Waals surface area contributed by atoms with Gasteiger partial charge in [0.1, 0.15) is 0 Å². The Labute approximate surface area is 163 Å². The maximum absolute atomic E-state index is 12.7. The number of nitrogens with zero attached hydrogens (tertiary/aromatic N) is 3. The van der Waals surface area contributed by atoms with Gasteiger partial charge in [0.05, 0.1) is 6.20 Å². The van der Waals surface area contributed by atoms with Gasteiger partial charge in [0.25, 0.3) is 11.7 Å². The molecule has 0 unspecified atom stereocenters. The van der Waals surface area contributed by atoms with Gasteiger partial charge >= 0.3 is 0 Å². The number of H-pyrrole nitrogens is 1. The van der Waals surface area contributed by atoms with E-state index in [4.69, 9.17) is 0 Å². The zero-order chi connectivity index (χ0) is 19.5. The number of benzene rings is 1. The van der Waals surface area contributed by atoms with Crippen LogP contribution >= 0.6 is 0 Å². The molecule has 1 atom stereocenters. The molecule has 2 aromatic heterocycles. The fraction of sp³-hybridized carbons (Fsp3) is 0.273. The molecule has 4 rings (SSSR count). The van der Waals surface area contributed by atoms with Crippen LogP contribution in [0.1, 0.15) is 40.4 Å². The second-order valence-corrected chi connectivity index (χ2v) is 7.22. The number of piperidine rings is 1. The Morgan fingerprint density at radius 1 is 1.14 bits per heavy atom. The van der Waals surface area contributed by atoms with Crippen LogP contribution in [0.15, 0.2) is 55.0 Å². The summed E-state index contributed by atoms with van der Waals surface area (Å²) in [5, 5.41) is 7.37. The van der Waals surface area contributed by atoms with E-state index in [-0.39, 0.29) is 5.92 Å². The van der Waals surface area contributed by atoms with Crippen molar-refractivity contribution < 1.29 is 9.59 Å². The zero-order valence-electron chi connectivity index (χ0n) is 15.8. The van der Waals surface area contributed by atoms with Crippen LogP contribution in [0.4, 0.5) is 0 Å². The summed E-state index contributed by atoms with van der Waals surface area (Å²) < 4.78 is 0. The molecule has 1 saturated heterocycles. The van der Waals surface area contributed by atoms with Crippen molar-refractivity contribution in [2.24, 2.45) is 0 Å². The first kappa shape index (κ1) is 18.1. The fourth-order valence-electron chi connectivity index (χ4n) is 3.73. The molecule has 1 fully saturated rings. The van der Waals surface area contributed by atoms with E-state index in [9.17, 15) is 9.59 Å². The van der Waals surface area contributed by atoms with Gasteiger partial charge in [0.15, 0.2) is 0 Å². The molecule has 28 heavy (non-hydrogen) atoms. The number of hydrogen-bond donors (Lipinski definition) is 1. The van der Waals surface area contributed by atoms with Gasteiger partial charge in [-0.05, 0) is 37.5 Å². The van der Waals surface area contributed by atoms with Gasteiger partial charge in [-0.1, -0.05) is 29.8 Å². The van der Waals surface area contributed by atoms with Crippen molar-refractivity contribution in [3.8, 4) is 11.1 Å². The molecule has 0 saturated carbocycles. The second kappa shape index (κ2) is 7.76. The third kappa shape index (κ3) is 3.58. The first-order valence-corrected chi connectivity index (χ1v) is 9.47. The number of hydrogen-bond acceptors (Lipinski definition) is 4. The molecule has 142 valence electrons. The molecular weight excluding hydrogens is 352 g/mol. The Balaban J connectivity index is 1.53. The molecule has 0 aliphatic carbocycles. The predicted octanol–water partition coefficient (Wildman–Crippen LogP) is 3.37. The van der Waals surface area contributed by atoms with Gasteiger partial charge in [-0.15, -0.1) is 0 Å². The van der Waals surface area contributed by atoms with Gasteiger partial charge in [-0.2, -0.15) is 5.10 Å². The smallest absolute Gasteiger partial charge is 0.295 e. The summed E-state index contributed by atoms with van der Waals surface area (Å²) in [6, 6.07) is 11.6. The first-order valence-electron chi connectivity index (χ1n) is 9.47. The lowest BCUT2D eigenvalue weighted by atomic mass is 9.90. The van der Waals surface area contributed by atoms with E-state index in [0.717, 1.165) is 29.7 Å². The fourth-order valence-corrected chi connectivity index (χ4v) is 3.73. The molecule has 1 aliphatic heterocycles. The normalized spacial score (nSPS) is 16.8. The lowest BCUT2D eigenvalue weighted by Gasteiger charge is -2.32. The van der Waals surface area contributed by atoms with Gasteiger partial charge in [-0.3, -0.25) is 19.7 Å². The maximum Gasteiger partial charge on any atom is 0.295 e. The monoisotopic (exact) mass is 374 g/mol.